The fourth-order valence-corrected chi connectivity index (χ4v) is 5.30. The number of amides is 1. The second-order valence-corrected chi connectivity index (χ2v) is 9.40. The van der Waals surface area contributed by atoms with Crippen molar-refractivity contribution in [2.45, 2.75) is 25.5 Å². The third kappa shape index (κ3) is 3.86. The van der Waals surface area contributed by atoms with Crippen molar-refractivity contribution in [1.82, 2.24) is 20.3 Å². The second-order valence-electron chi connectivity index (χ2n) is 8.34. The van der Waals surface area contributed by atoms with Crippen molar-refractivity contribution in [2.24, 2.45) is 0 Å². The van der Waals surface area contributed by atoms with E-state index >= 15 is 0 Å². The molecule has 1 amide bonds. The van der Waals surface area contributed by atoms with Gasteiger partial charge in [0.15, 0.2) is 0 Å². The first-order valence-electron chi connectivity index (χ1n) is 11.0. The number of rotatable bonds is 4. The smallest absolute Gasteiger partial charge is 0.263 e. The van der Waals surface area contributed by atoms with Gasteiger partial charge < -0.3 is 25.4 Å². The number of ether oxygens (including phenoxy) is 2. The molecule has 1 saturated heterocycles. The van der Waals surface area contributed by atoms with Crippen LogP contribution in [0.3, 0.4) is 0 Å². The van der Waals surface area contributed by atoms with E-state index in [9.17, 15) is 9.18 Å². The molecule has 0 spiro atoms. The van der Waals surface area contributed by atoms with Crippen molar-refractivity contribution < 1.29 is 18.7 Å². The van der Waals surface area contributed by atoms with Gasteiger partial charge in [-0.05, 0) is 31.2 Å². The molecule has 1 fully saturated rings. The average Bonchev–Trinajstić information content (AvgIpc) is 3.42. The van der Waals surface area contributed by atoms with E-state index in [2.05, 4.69) is 30.9 Å². The minimum absolute atomic E-state index is 0.0346. The highest BCUT2D eigenvalue weighted by molar-refractivity contribution is 7.21. The molecule has 34 heavy (non-hydrogen) atoms. The highest BCUT2D eigenvalue weighted by Gasteiger charge is 2.25. The number of carbonyl (C=O) groups excluding carboxylic acids is 1. The quantitative estimate of drug-likeness (QED) is 0.378. The number of pyridine rings is 1. The first kappa shape index (κ1) is 21.0. The standard InChI is InChI=1S/C23H21FN6O3S/c1-11-9-25-20-19-13-2-5-17(27-14(13)3-4-15(19)34-21(20)22(31)26-11)29-23-28-16(24)8-18(30-23)33-12-6-7-32-10-12/h2-5,8,11-12,25H,6-7,9-10H2,1H3,(H,26,31)(H,27,28,29,30)/t11-,12-/m0/s1. The minimum Gasteiger partial charge on any atom is -0.472 e. The maximum absolute atomic E-state index is 14.1. The number of anilines is 3. The molecule has 6 rings (SSSR count). The molecule has 11 heteroatoms. The molecule has 9 nitrogen and oxygen atoms in total. The van der Waals surface area contributed by atoms with Gasteiger partial charge in [0.25, 0.3) is 5.91 Å². The van der Waals surface area contributed by atoms with Gasteiger partial charge in [0, 0.05) is 34.5 Å². The summed E-state index contributed by atoms with van der Waals surface area (Å²) in [6.45, 7) is 3.68. The van der Waals surface area contributed by atoms with E-state index in [1.807, 2.05) is 25.1 Å². The van der Waals surface area contributed by atoms with Gasteiger partial charge in [0.05, 0.1) is 30.5 Å². The van der Waals surface area contributed by atoms with E-state index in [1.165, 1.54) is 11.3 Å². The lowest BCUT2D eigenvalue weighted by Gasteiger charge is -2.12. The molecule has 2 aliphatic rings. The Morgan fingerprint density at radius 3 is 3.00 bits per heavy atom. The van der Waals surface area contributed by atoms with E-state index in [0.29, 0.717) is 30.5 Å². The van der Waals surface area contributed by atoms with Crippen molar-refractivity contribution in [2.75, 3.05) is 30.4 Å². The highest BCUT2D eigenvalue weighted by atomic mass is 32.1. The number of halogens is 1. The number of nitrogens with zero attached hydrogens (tertiary/aromatic N) is 3. The first-order valence-corrected chi connectivity index (χ1v) is 11.8. The van der Waals surface area contributed by atoms with Crippen molar-refractivity contribution in [3.63, 3.8) is 0 Å². The van der Waals surface area contributed by atoms with Gasteiger partial charge >= 0.3 is 0 Å². The molecule has 0 aliphatic carbocycles. The molecule has 2 aliphatic heterocycles. The van der Waals surface area contributed by atoms with Gasteiger partial charge in [-0.25, -0.2) is 4.98 Å². The van der Waals surface area contributed by atoms with Gasteiger partial charge in [0.2, 0.25) is 17.8 Å². The summed E-state index contributed by atoms with van der Waals surface area (Å²) in [7, 11) is 0. The van der Waals surface area contributed by atoms with Crippen LogP contribution in [0.4, 0.5) is 21.8 Å². The molecule has 2 atom stereocenters. The summed E-state index contributed by atoms with van der Waals surface area (Å²) in [5, 5.41) is 11.3. The Balaban J connectivity index is 1.33. The summed E-state index contributed by atoms with van der Waals surface area (Å²) in [4.78, 5) is 26.0. The predicted octanol–water partition coefficient (Wildman–Crippen LogP) is 3.83. The van der Waals surface area contributed by atoms with Crippen LogP contribution < -0.4 is 20.7 Å². The zero-order chi connectivity index (χ0) is 23.2. The number of nitrogens with one attached hydrogen (secondary N) is 3. The topological polar surface area (TPSA) is 110 Å². The van der Waals surface area contributed by atoms with Crippen LogP contribution >= 0.6 is 11.3 Å². The van der Waals surface area contributed by atoms with Crippen LogP contribution in [-0.2, 0) is 4.74 Å². The van der Waals surface area contributed by atoms with Crippen LogP contribution in [0.15, 0.2) is 30.3 Å². The lowest BCUT2D eigenvalue weighted by Crippen LogP contribution is -2.34. The maximum atomic E-state index is 14.1. The fraction of sp³-hybridized carbons (Fsp3) is 0.304. The number of hydrogen-bond donors (Lipinski definition) is 3. The Bertz CT molecular complexity index is 1420. The summed E-state index contributed by atoms with van der Waals surface area (Å²) in [5.41, 5.74) is 1.56. The first-order chi connectivity index (χ1) is 16.5. The van der Waals surface area contributed by atoms with Crippen molar-refractivity contribution in [3.05, 3.63) is 41.2 Å². The van der Waals surface area contributed by atoms with Crippen LogP contribution in [0.2, 0.25) is 0 Å². The number of fused-ring (bicyclic) bond motifs is 5. The van der Waals surface area contributed by atoms with Crippen LogP contribution in [0.1, 0.15) is 23.0 Å². The van der Waals surface area contributed by atoms with Crippen molar-refractivity contribution >= 4 is 55.7 Å². The Hall–Kier alpha value is -3.57. The molecule has 174 valence electrons. The van der Waals surface area contributed by atoms with Crippen molar-refractivity contribution in [1.29, 1.82) is 0 Å². The van der Waals surface area contributed by atoms with Gasteiger partial charge in [-0.3, -0.25) is 4.79 Å². The Kier molecular flexibility index (Phi) is 5.15. The monoisotopic (exact) mass is 480 g/mol. The van der Waals surface area contributed by atoms with Gasteiger partial charge in [-0.2, -0.15) is 14.4 Å². The molecule has 3 N–H and O–H groups in total. The molecule has 1 aromatic carbocycles. The Morgan fingerprint density at radius 2 is 2.15 bits per heavy atom. The summed E-state index contributed by atoms with van der Waals surface area (Å²) < 4.78 is 26.1. The predicted molar refractivity (Wildman–Crippen MR) is 128 cm³/mol. The van der Waals surface area contributed by atoms with Crippen LogP contribution in [-0.4, -0.2) is 52.8 Å². The van der Waals surface area contributed by atoms with Crippen molar-refractivity contribution in [3.8, 4) is 5.88 Å². The Morgan fingerprint density at radius 1 is 1.24 bits per heavy atom. The van der Waals surface area contributed by atoms with E-state index in [1.54, 1.807) is 6.07 Å². The SMILES string of the molecule is C[C@H]1CNc2c(sc3ccc4nc(Nc5nc(F)cc(O[C@H]6CCOC6)n5)ccc4c23)C(=O)N1. The van der Waals surface area contributed by atoms with E-state index in [-0.39, 0.29) is 29.9 Å². The molecule has 0 unspecified atom stereocenters. The van der Waals surface area contributed by atoms with E-state index < -0.39 is 5.95 Å². The average molecular weight is 481 g/mol. The summed E-state index contributed by atoms with van der Waals surface area (Å²) in [5.74, 6) is -0.105. The lowest BCUT2D eigenvalue weighted by atomic mass is 10.1. The normalized spacial score (nSPS) is 20.0. The number of benzene rings is 1. The minimum atomic E-state index is -0.701. The van der Waals surface area contributed by atoms with E-state index in [0.717, 1.165) is 39.2 Å². The third-order valence-electron chi connectivity index (χ3n) is 5.78. The zero-order valence-corrected chi connectivity index (χ0v) is 19.0. The van der Waals surface area contributed by atoms with Crippen LogP contribution in [0.5, 0.6) is 5.88 Å². The molecule has 3 aromatic heterocycles. The highest BCUT2D eigenvalue weighted by Crippen LogP contribution is 2.41. The number of carbonyl (C=O) groups is 1. The number of hydrogen-bond acceptors (Lipinski definition) is 9. The van der Waals surface area contributed by atoms with Gasteiger partial charge in [-0.15, -0.1) is 11.3 Å². The van der Waals surface area contributed by atoms with Crippen LogP contribution in [0, 0.1) is 5.95 Å². The number of thiophene rings is 1. The number of aromatic nitrogens is 3. The summed E-state index contributed by atoms with van der Waals surface area (Å²) in [6, 6.07) is 8.76. The van der Waals surface area contributed by atoms with Gasteiger partial charge in [0.1, 0.15) is 16.8 Å². The van der Waals surface area contributed by atoms with Crippen LogP contribution in [0.25, 0.3) is 21.0 Å². The maximum Gasteiger partial charge on any atom is 0.263 e. The summed E-state index contributed by atoms with van der Waals surface area (Å²) in [6.07, 6.45) is 0.583. The van der Waals surface area contributed by atoms with Gasteiger partial charge in [-0.1, -0.05) is 0 Å². The third-order valence-corrected chi connectivity index (χ3v) is 6.93. The molecule has 0 saturated carbocycles. The molecule has 0 radical (unpaired) electrons. The lowest BCUT2D eigenvalue weighted by molar-refractivity contribution is 0.0949. The molecular formula is C23H21FN6O3S. The summed E-state index contributed by atoms with van der Waals surface area (Å²) >= 11 is 1.46. The molecular weight excluding hydrogens is 459 g/mol. The zero-order valence-electron chi connectivity index (χ0n) is 18.2. The molecule has 5 heterocycles. The molecule has 4 aromatic rings. The second kappa shape index (κ2) is 8.33. The fourth-order valence-electron chi connectivity index (χ4n) is 4.20. The molecule has 0 bridgehead atoms. The largest absolute Gasteiger partial charge is 0.472 e. The Labute approximate surface area is 197 Å². The van der Waals surface area contributed by atoms with E-state index in [4.69, 9.17) is 9.47 Å².